The second-order valence-corrected chi connectivity index (χ2v) is 5.35. The third-order valence-electron chi connectivity index (χ3n) is 3.86. The van der Waals surface area contributed by atoms with Gasteiger partial charge in [0.15, 0.2) is 11.6 Å². The quantitative estimate of drug-likeness (QED) is 0.822. The van der Waals surface area contributed by atoms with E-state index in [4.69, 9.17) is 5.73 Å². The van der Waals surface area contributed by atoms with Crippen molar-refractivity contribution in [2.45, 2.75) is 31.0 Å². The van der Waals surface area contributed by atoms with Crippen LogP contribution in [0.3, 0.4) is 0 Å². The number of rotatable bonds is 2. The average molecular weight is 322 g/mol. The van der Waals surface area contributed by atoms with Crippen LogP contribution in [0.5, 0.6) is 0 Å². The van der Waals surface area contributed by atoms with Gasteiger partial charge in [0, 0.05) is 12.1 Å². The van der Waals surface area contributed by atoms with E-state index in [9.17, 15) is 26.7 Å². The van der Waals surface area contributed by atoms with Crippen molar-refractivity contribution in [2.24, 2.45) is 11.7 Å². The highest BCUT2D eigenvalue weighted by atomic mass is 19.4. The number of hydrogen-bond acceptors (Lipinski definition) is 2. The Morgan fingerprint density at radius 3 is 2.55 bits per heavy atom. The molecule has 0 spiro atoms. The highest BCUT2D eigenvalue weighted by Gasteiger charge is 2.47. The van der Waals surface area contributed by atoms with Gasteiger partial charge in [0.1, 0.15) is 0 Å². The third-order valence-corrected chi connectivity index (χ3v) is 3.86. The fourth-order valence-electron chi connectivity index (χ4n) is 2.73. The van der Waals surface area contributed by atoms with E-state index in [-0.39, 0.29) is 19.4 Å². The topological polar surface area (TPSA) is 55.1 Å². The Labute approximate surface area is 123 Å². The zero-order valence-corrected chi connectivity index (χ0v) is 11.5. The van der Waals surface area contributed by atoms with Crippen molar-refractivity contribution in [3.8, 4) is 0 Å². The Balaban J connectivity index is 2.39. The van der Waals surface area contributed by atoms with E-state index >= 15 is 0 Å². The molecule has 0 aromatic heterocycles. The summed E-state index contributed by atoms with van der Waals surface area (Å²) in [5.41, 5.74) is 4.77. The number of carbonyl (C=O) groups excluding carboxylic acids is 1. The maximum absolute atomic E-state index is 13.8. The van der Waals surface area contributed by atoms with Crippen LogP contribution in [0.25, 0.3) is 0 Å². The lowest BCUT2D eigenvalue weighted by Crippen LogP contribution is -2.40. The lowest BCUT2D eigenvalue weighted by molar-refractivity contribution is -0.163. The molecule has 1 heterocycles. The van der Waals surface area contributed by atoms with E-state index in [0.717, 1.165) is 18.2 Å². The molecule has 0 aliphatic carbocycles. The molecule has 0 radical (unpaired) electrons. The number of nitrogens with two attached hydrogens (primary N) is 1. The van der Waals surface area contributed by atoms with Crippen LogP contribution in [-0.4, -0.2) is 24.7 Å². The van der Waals surface area contributed by atoms with Gasteiger partial charge in [-0.2, -0.15) is 13.2 Å². The molecule has 22 heavy (non-hydrogen) atoms. The van der Waals surface area contributed by atoms with Crippen LogP contribution >= 0.6 is 0 Å². The number of carbonyl (C=O) groups is 1. The van der Waals surface area contributed by atoms with Gasteiger partial charge in [-0.3, -0.25) is 4.79 Å². The maximum Gasteiger partial charge on any atom is 0.396 e. The Morgan fingerprint density at radius 2 is 1.91 bits per heavy atom. The standard InChI is InChI=1S/C14H15F5N2O/c15-9-3-1-2-8(12(9)16)11(14(17,18)19)7-4-5-10(20)13(22)21-6-7/h1-3,7,10-11H,4-6,20H2,(H,21,22)/t7-,10-,11?/m1/s1. The zero-order valence-electron chi connectivity index (χ0n) is 11.5. The van der Waals surface area contributed by atoms with Crippen LogP contribution < -0.4 is 11.1 Å². The van der Waals surface area contributed by atoms with Crippen LogP contribution in [0.4, 0.5) is 22.0 Å². The Kier molecular flexibility index (Phi) is 4.69. The van der Waals surface area contributed by atoms with E-state index in [2.05, 4.69) is 5.32 Å². The van der Waals surface area contributed by atoms with Crippen molar-refractivity contribution in [1.82, 2.24) is 5.32 Å². The molecule has 3 atom stereocenters. The molecule has 2 rings (SSSR count). The summed E-state index contributed by atoms with van der Waals surface area (Å²) in [7, 11) is 0. The monoisotopic (exact) mass is 322 g/mol. The van der Waals surface area contributed by atoms with Gasteiger partial charge >= 0.3 is 6.18 Å². The number of benzene rings is 1. The minimum Gasteiger partial charge on any atom is -0.354 e. The van der Waals surface area contributed by atoms with Gasteiger partial charge in [-0.05, 0) is 24.8 Å². The first-order valence-electron chi connectivity index (χ1n) is 6.75. The molecule has 1 saturated heterocycles. The first kappa shape index (κ1) is 16.7. The van der Waals surface area contributed by atoms with Crippen LogP contribution in [0.15, 0.2) is 18.2 Å². The maximum atomic E-state index is 13.8. The molecule has 1 aliphatic rings. The third kappa shape index (κ3) is 3.37. The van der Waals surface area contributed by atoms with Crippen molar-refractivity contribution >= 4 is 5.91 Å². The summed E-state index contributed by atoms with van der Waals surface area (Å²) in [6, 6.07) is 1.82. The molecule has 3 nitrogen and oxygen atoms in total. The van der Waals surface area contributed by atoms with Gasteiger partial charge in [0.2, 0.25) is 5.91 Å². The summed E-state index contributed by atoms with van der Waals surface area (Å²) in [4.78, 5) is 11.4. The van der Waals surface area contributed by atoms with Crippen molar-refractivity contribution in [1.29, 1.82) is 0 Å². The second kappa shape index (κ2) is 6.20. The number of halogens is 5. The number of alkyl halides is 3. The summed E-state index contributed by atoms with van der Waals surface area (Å²) < 4.78 is 67.3. The predicted molar refractivity (Wildman–Crippen MR) is 68.9 cm³/mol. The number of nitrogens with one attached hydrogen (secondary N) is 1. The fourth-order valence-corrected chi connectivity index (χ4v) is 2.73. The molecule has 1 amide bonds. The van der Waals surface area contributed by atoms with Crippen LogP contribution in [0.2, 0.25) is 0 Å². The minimum absolute atomic E-state index is 0.0139. The highest BCUT2D eigenvalue weighted by Crippen LogP contribution is 2.43. The summed E-state index contributed by atoms with van der Waals surface area (Å²) in [5.74, 6) is -6.68. The van der Waals surface area contributed by atoms with E-state index in [0.29, 0.717) is 0 Å². The fraction of sp³-hybridized carbons (Fsp3) is 0.500. The van der Waals surface area contributed by atoms with Gasteiger partial charge in [-0.25, -0.2) is 8.78 Å². The smallest absolute Gasteiger partial charge is 0.354 e. The molecule has 3 N–H and O–H groups in total. The molecule has 122 valence electrons. The van der Waals surface area contributed by atoms with Crippen molar-refractivity contribution < 1.29 is 26.7 Å². The Morgan fingerprint density at radius 1 is 1.23 bits per heavy atom. The zero-order chi connectivity index (χ0) is 16.5. The largest absolute Gasteiger partial charge is 0.396 e. The SMILES string of the molecule is N[C@@H]1CC[C@@H](C(c2cccc(F)c2F)C(F)(F)F)CNC1=O. The van der Waals surface area contributed by atoms with Gasteiger partial charge in [-0.1, -0.05) is 12.1 Å². The van der Waals surface area contributed by atoms with Gasteiger partial charge in [0.25, 0.3) is 0 Å². The Hall–Kier alpha value is -1.70. The first-order valence-corrected chi connectivity index (χ1v) is 6.75. The van der Waals surface area contributed by atoms with E-state index < -0.39 is 47.2 Å². The molecule has 0 saturated carbocycles. The molecule has 1 aromatic carbocycles. The lowest BCUT2D eigenvalue weighted by Gasteiger charge is -2.28. The molecular weight excluding hydrogens is 307 g/mol. The van der Waals surface area contributed by atoms with Gasteiger partial charge in [-0.15, -0.1) is 0 Å². The van der Waals surface area contributed by atoms with E-state index in [1.54, 1.807) is 0 Å². The summed E-state index contributed by atoms with van der Waals surface area (Å²) in [6.45, 7) is -0.285. The van der Waals surface area contributed by atoms with Crippen LogP contribution in [0.1, 0.15) is 24.3 Å². The van der Waals surface area contributed by atoms with Gasteiger partial charge < -0.3 is 11.1 Å². The van der Waals surface area contributed by atoms with Crippen LogP contribution in [-0.2, 0) is 4.79 Å². The van der Waals surface area contributed by atoms with Crippen LogP contribution in [0, 0.1) is 17.6 Å². The summed E-state index contributed by atoms with van der Waals surface area (Å²) in [6.07, 6.45) is -4.72. The molecule has 1 fully saturated rings. The van der Waals surface area contributed by atoms with Crippen molar-refractivity contribution in [3.63, 3.8) is 0 Å². The normalized spacial score (nSPS) is 24.5. The molecule has 1 unspecified atom stereocenters. The second-order valence-electron chi connectivity index (χ2n) is 5.35. The molecule has 0 bridgehead atoms. The highest BCUT2D eigenvalue weighted by molar-refractivity contribution is 5.81. The molecular formula is C14H15F5N2O. The molecule has 8 heteroatoms. The van der Waals surface area contributed by atoms with E-state index in [1.165, 1.54) is 0 Å². The molecule has 1 aliphatic heterocycles. The Bertz CT molecular complexity index is 561. The van der Waals surface area contributed by atoms with Gasteiger partial charge in [0.05, 0.1) is 12.0 Å². The van der Waals surface area contributed by atoms with Crippen molar-refractivity contribution in [2.75, 3.05) is 6.54 Å². The lowest BCUT2D eigenvalue weighted by atomic mass is 9.82. The van der Waals surface area contributed by atoms with Crippen molar-refractivity contribution in [3.05, 3.63) is 35.4 Å². The minimum atomic E-state index is -4.77. The number of amides is 1. The average Bonchev–Trinajstić information content (AvgIpc) is 2.58. The predicted octanol–water partition coefficient (Wildman–Crippen LogP) is 2.46. The first-order chi connectivity index (χ1) is 10.2. The molecule has 1 aromatic rings. The summed E-state index contributed by atoms with van der Waals surface area (Å²) in [5, 5.41) is 2.32. The summed E-state index contributed by atoms with van der Waals surface area (Å²) >= 11 is 0. The van der Waals surface area contributed by atoms with E-state index in [1.807, 2.05) is 0 Å². The number of hydrogen-bond donors (Lipinski definition) is 2.